The second-order valence-electron chi connectivity index (χ2n) is 4.89. The van der Waals surface area contributed by atoms with Gasteiger partial charge in [-0.3, -0.25) is 10.7 Å². The Labute approximate surface area is 132 Å². The van der Waals surface area contributed by atoms with Crippen LogP contribution in [0.15, 0.2) is 36.5 Å². The van der Waals surface area contributed by atoms with Crippen molar-refractivity contribution in [1.82, 2.24) is 10.3 Å². The Morgan fingerprint density at radius 1 is 1.35 bits per heavy atom. The number of aromatic nitrogens is 1. The van der Waals surface area contributed by atoms with E-state index >= 15 is 0 Å². The molecule has 23 heavy (non-hydrogen) atoms. The van der Waals surface area contributed by atoms with Crippen LogP contribution < -0.4 is 22.1 Å². The van der Waals surface area contributed by atoms with E-state index in [1.54, 1.807) is 6.92 Å². The zero-order valence-corrected chi connectivity index (χ0v) is 12.4. The fourth-order valence-corrected chi connectivity index (χ4v) is 1.97. The third kappa shape index (κ3) is 3.73. The van der Waals surface area contributed by atoms with Crippen molar-refractivity contribution in [3.63, 3.8) is 0 Å². The molecule has 0 fully saturated rings. The number of nitrogens with two attached hydrogens (primary N) is 2. The number of amides is 2. The molecular formula is C15H17FN6O. The number of benzene rings is 1. The predicted molar refractivity (Wildman–Crippen MR) is 86.6 cm³/mol. The molecule has 7 nitrogen and oxygen atoms in total. The molecule has 7 N–H and O–H groups in total. The Morgan fingerprint density at radius 2 is 2.00 bits per heavy atom. The molecule has 0 saturated carbocycles. The average Bonchev–Trinajstić information content (AvgIpc) is 2.52. The fraction of sp³-hybridized carbons (Fsp3) is 0.133. The lowest BCUT2D eigenvalue weighted by Gasteiger charge is -2.15. The summed E-state index contributed by atoms with van der Waals surface area (Å²) in [6, 6.07) is 8.42. The first kappa shape index (κ1) is 16.2. The van der Waals surface area contributed by atoms with Crippen LogP contribution in [0.5, 0.6) is 0 Å². The number of nitrogens with zero attached hydrogens (tertiary/aromatic N) is 1. The Bertz CT molecular complexity index is 734. The number of carbonyl (C=O) groups is 1. The van der Waals surface area contributed by atoms with Gasteiger partial charge in [0.25, 0.3) is 0 Å². The molecule has 0 spiro atoms. The van der Waals surface area contributed by atoms with Crippen LogP contribution in [0.4, 0.5) is 20.7 Å². The molecule has 0 bridgehead atoms. The Kier molecular flexibility index (Phi) is 4.75. The van der Waals surface area contributed by atoms with E-state index in [9.17, 15) is 9.18 Å². The van der Waals surface area contributed by atoms with Gasteiger partial charge in [-0.2, -0.15) is 0 Å². The van der Waals surface area contributed by atoms with Crippen LogP contribution in [0.3, 0.4) is 0 Å². The highest BCUT2D eigenvalue weighted by Gasteiger charge is 2.17. The Morgan fingerprint density at radius 3 is 2.61 bits per heavy atom. The SMILES string of the molecule is CC(NC(=O)Nc1ncc(C(=N)N)c(N)c1F)c1ccccc1. The predicted octanol–water partition coefficient (Wildman–Crippen LogP) is 1.97. The quantitative estimate of drug-likeness (QED) is 0.436. The molecule has 1 unspecified atom stereocenters. The normalized spacial score (nSPS) is 11.6. The summed E-state index contributed by atoms with van der Waals surface area (Å²) in [6.07, 6.45) is 1.14. The van der Waals surface area contributed by atoms with E-state index < -0.39 is 17.7 Å². The summed E-state index contributed by atoms with van der Waals surface area (Å²) in [6.45, 7) is 1.80. The van der Waals surface area contributed by atoms with Crippen molar-refractivity contribution in [3.05, 3.63) is 53.5 Å². The highest BCUT2D eigenvalue weighted by Crippen LogP contribution is 2.21. The molecule has 1 aromatic carbocycles. The van der Waals surface area contributed by atoms with Gasteiger partial charge in [0.2, 0.25) is 0 Å². The van der Waals surface area contributed by atoms with Crippen LogP contribution >= 0.6 is 0 Å². The van der Waals surface area contributed by atoms with Gasteiger partial charge in [0.05, 0.1) is 17.3 Å². The lowest BCUT2D eigenvalue weighted by atomic mass is 10.1. The monoisotopic (exact) mass is 316 g/mol. The number of hydrogen-bond donors (Lipinski definition) is 5. The summed E-state index contributed by atoms with van der Waals surface area (Å²) in [4.78, 5) is 15.7. The summed E-state index contributed by atoms with van der Waals surface area (Å²) in [7, 11) is 0. The molecule has 8 heteroatoms. The Hall–Kier alpha value is -3.16. The van der Waals surface area contributed by atoms with Gasteiger partial charge in [-0.15, -0.1) is 0 Å². The molecule has 0 aliphatic heterocycles. The number of nitrogen functional groups attached to an aromatic ring is 2. The molecule has 0 saturated heterocycles. The first-order chi connectivity index (χ1) is 10.9. The minimum absolute atomic E-state index is 0.0221. The number of amidine groups is 1. The molecule has 0 aliphatic rings. The number of hydrogen-bond acceptors (Lipinski definition) is 4. The smallest absolute Gasteiger partial charge is 0.320 e. The van der Waals surface area contributed by atoms with Crippen molar-refractivity contribution in [2.45, 2.75) is 13.0 Å². The maximum absolute atomic E-state index is 14.1. The van der Waals surface area contributed by atoms with Crippen molar-refractivity contribution in [2.24, 2.45) is 5.73 Å². The highest BCUT2D eigenvalue weighted by atomic mass is 19.1. The second kappa shape index (κ2) is 6.73. The van der Waals surface area contributed by atoms with Gasteiger partial charge in [-0.25, -0.2) is 14.2 Å². The van der Waals surface area contributed by atoms with Crippen LogP contribution in [0.25, 0.3) is 0 Å². The third-order valence-corrected chi connectivity index (χ3v) is 3.23. The lowest BCUT2D eigenvalue weighted by Crippen LogP contribution is -2.32. The van der Waals surface area contributed by atoms with E-state index in [2.05, 4.69) is 15.6 Å². The van der Waals surface area contributed by atoms with Gasteiger partial charge in [-0.05, 0) is 12.5 Å². The topological polar surface area (TPSA) is 130 Å². The minimum atomic E-state index is -0.930. The first-order valence-corrected chi connectivity index (χ1v) is 6.81. The number of anilines is 2. The number of nitrogens with one attached hydrogen (secondary N) is 3. The third-order valence-electron chi connectivity index (χ3n) is 3.23. The van der Waals surface area contributed by atoms with Crippen molar-refractivity contribution in [3.8, 4) is 0 Å². The molecule has 2 rings (SSSR count). The summed E-state index contributed by atoms with van der Waals surface area (Å²) in [5, 5.41) is 12.2. The summed E-state index contributed by atoms with van der Waals surface area (Å²) < 4.78 is 14.1. The maximum Gasteiger partial charge on any atom is 0.320 e. The van der Waals surface area contributed by atoms with Gasteiger partial charge < -0.3 is 16.8 Å². The van der Waals surface area contributed by atoms with E-state index in [0.717, 1.165) is 11.8 Å². The molecule has 120 valence electrons. The number of pyridine rings is 1. The summed E-state index contributed by atoms with van der Waals surface area (Å²) in [5.41, 5.74) is 11.4. The standard InChI is InChI=1S/C15H17FN6O/c1-8(9-5-3-2-4-6-9)21-15(23)22-14-11(16)12(17)10(7-20-14)13(18)19/h2-8H,1H3,(H3,18,19)(H4,17,20,21,22,23). The van der Waals surface area contributed by atoms with E-state index in [4.69, 9.17) is 16.9 Å². The molecule has 2 aromatic rings. The van der Waals surface area contributed by atoms with Crippen molar-refractivity contribution in [2.75, 3.05) is 11.1 Å². The molecule has 0 aliphatic carbocycles. The van der Waals surface area contributed by atoms with Gasteiger partial charge in [0.1, 0.15) is 5.84 Å². The van der Waals surface area contributed by atoms with Gasteiger partial charge >= 0.3 is 6.03 Å². The van der Waals surface area contributed by atoms with Crippen molar-refractivity contribution in [1.29, 1.82) is 5.41 Å². The number of carbonyl (C=O) groups excluding carboxylic acids is 1. The number of halogens is 1. The number of rotatable bonds is 4. The minimum Gasteiger partial charge on any atom is -0.396 e. The van der Waals surface area contributed by atoms with Crippen LogP contribution in [0.2, 0.25) is 0 Å². The second-order valence-corrected chi connectivity index (χ2v) is 4.89. The van der Waals surface area contributed by atoms with E-state index in [0.29, 0.717) is 0 Å². The zero-order chi connectivity index (χ0) is 17.0. The van der Waals surface area contributed by atoms with Crippen molar-refractivity contribution < 1.29 is 9.18 Å². The largest absolute Gasteiger partial charge is 0.396 e. The van der Waals surface area contributed by atoms with Gasteiger partial charge in [-0.1, -0.05) is 30.3 Å². The Balaban J connectivity index is 2.09. The molecule has 1 aromatic heterocycles. The molecular weight excluding hydrogens is 299 g/mol. The fourth-order valence-electron chi connectivity index (χ4n) is 1.97. The van der Waals surface area contributed by atoms with Gasteiger partial charge in [0.15, 0.2) is 11.6 Å². The first-order valence-electron chi connectivity index (χ1n) is 6.81. The van der Waals surface area contributed by atoms with Crippen molar-refractivity contribution >= 4 is 23.4 Å². The summed E-state index contributed by atoms with van der Waals surface area (Å²) in [5.74, 6) is -1.66. The highest BCUT2D eigenvalue weighted by molar-refractivity contribution is 6.00. The number of urea groups is 1. The van der Waals surface area contributed by atoms with Crippen LogP contribution in [-0.4, -0.2) is 16.9 Å². The molecule has 0 radical (unpaired) electrons. The van der Waals surface area contributed by atoms with E-state index in [-0.39, 0.29) is 23.1 Å². The average molecular weight is 316 g/mol. The van der Waals surface area contributed by atoms with E-state index in [1.165, 1.54) is 0 Å². The van der Waals surface area contributed by atoms with Crippen LogP contribution in [-0.2, 0) is 0 Å². The van der Waals surface area contributed by atoms with E-state index in [1.807, 2.05) is 30.3 Å². The molecule has 2 amide bonds. The maximum atomic E-state index is 14.1. The van der Waals surface area contributed by atoms with Crippen LogP contribution in [0, 0.1) is 11.2 Å². The molecule has 1 heterocycles. The molecule has 1 atom stereocenters. The van der Waals surface area contributed by atoms with Crippen LogP contribution in [0.1, 0.15) is 24.1 Å². The van der Waals surface area contributed by atoms with Gasteiger partial charge in [0, 0.05) is 6.20 Å². The lowest BCUT2D eigenvalue weighted by molar-refractivity contribution is 0.249. The zero-order valence-electron chi connectivity index (χ0n) is 12.4. The summed E-state index contributed by atoms with van der Waals surface area (Å²) >= 11 is 0.